The van der Waals surface area contributed by atoms with Crippen LogP contribution in [0.5, 0.6) is 5.75 Å². The molecule has 0 atom stereocenters. The highest BCUT2D eigenvalue weighted by atomic mass is 35.5. The molecular formula is C22H28ClN3O7S2. The second kappa shape index (κ2) is 11.6. The van der Waals surface area contributed by atoms with E-state index in [0.29, 0.717) is 48.3 Å². The standard InChI is InChI=1S/C22H28ClN3O7S2/c1-17-3-4-18(23)15-21(17)26(34(2,28)29)16-22(27)24-9-12-33-19-5-7-20(8-6-19)35(30,31)25-10-13-32-14-11-25/h3-8,15H,9-14,16H2,1-2H3,(H,24,27). The van der Waals surface area contributed by atoms with Crippen LogP contribution in [-0.2, 0) is 29.6 Å². The summed E-state index contributed by atoms with van der Waals surface area (Å²) in [4.78, 5) is 12.6. The first-order chi connectivity index (χ1) is 16.5. The third-order valence-electron chi connectivity index (χ3n) is 5.25. The van der Waals surface area contributed by atoms with E-state index < -0.39 is 32.5 Å². The van der Waals surface area contributed by atoms with Gasteiger partial charge in [-0.1, -0.05) is 17.7 Å². The van der Waals surface area contributed by atoms with Crippen LogP contribution in [-0.4, -0.2) is 79.3 Å². The van der Waals surface area contributed by atoms with Gasteiger partial charge in [-0.3, -0.25) is 9.10 Å². The molecule has 0 unspecified atom stereocenters. The molecule has 1 heterocycles. The normalized spacial score (nSPS) is 14.9. The third-order valence-corrected chi connectivity index (χ3v) is 8.53. The minimum atomic E-state index is -3.73. The van der Waals surface area contributed by atoms with Crippen molar-refractivity contribution in [3.05, 3.63) is 53.1 Å². The van der Waals surface area contributed by atoms with E-state index in [0.717, 1.165) is 10.6 Å². The van der Waals surface area contributed by atoms with Gasteiger partial charge < -0.3 is 14.8 Å². The first kappa shape index (κ1) is 27.2. The Labute approximate surface area is 210 Å². The monoisotopic (exact) mass is 545 g/mol. The summed E-state index contributed by atoms with van der Waals surface area (Å²) in [6.45, 7) is 2.91. The van der Waals surface area contributed by atoms with E-state index in [1.165, 1.54) is 22.5 Å². The molecule has 1 amide bonds. The fourth-order valence-electron chi connectivity index (χ4n) is 3.42. The first-order valence-corrected chi connectivity index (χ1v) is 14.5. The maximum absolute atomic E-state index is 12.7. The van der Waals surface area contributed by atoms with Gasteiger partial charge in [0.15, 0.2) is 0 Å². The number of rotatable bonds is 10. The maximum Gasteiger partial charge on any atom is 0.243 e. The molecule has 1 fully saturated rings. The average molecular weight is 546 g/mol. The number of amides is 1. The molecule has 1 aliphatic rings. The number of hydrogen-bond donors (Lipinski definition) is 1. The van der Waals surface area contributed by atoms with Gasteiger partial charge in [0.25, 0.3) is 0 Å². The van der Waals surface area contributed by atoms with Crippen molar-refractivity contribution in [3.63, 3.8) is 0 Å². The topological polar surface area (TPSA) is 122 Å². The minimum absolute atomic E-state index is 0.108. The Morgan fingerprint density at radius 3 is 2.40 bits per heavy atom. The molecule has 10 nitrogen and oxygen atoms in total. The second-order valence-electron chi connectivity index (χ2n) is 7.89. The Hall–Kier alpha value is -2.38. The van der Waals surface area contributed by atoms with E-state index in [-0.39, 0.29) is 18.0 Å². The van der Waals surface area contributed by atoms with Crippen LogP contribution in [0.4, 0.5) is 5.69 Å². The predicted molar refractivity (Wildman–Crippen MR) is 133 cm³/mol. The van der Waals surface area contributed by atoms with Crippen LogP contribution in [0.25, 0.3) is 0 Å². The van der Waals surface area contributed by atoms with Crippen molar-refractivity contribution < 1.29 is 31.1 Å². The number of anilines is 1. The number of carbonyl (C=O) groups excluding carboxylic acids is 1. The molecule has 35 heavy (non-hydrogen) atoms. The van der Waals surface area contributed by atoms with E-state index in [2.05, 4.69) is 5.32 Å². The molecule has 0 spiro atoms. The van der Waals surface area contributed by atoms with E-state index in [4.69, 9.17) is 21.1 Å². The van der Waals surface area contributed by atoms with Crippen LogP contribution >= 0.6 is 11.6 Å². The summed E-state index contributed by atoms with van der Waals surface area (Å²) in [6, 6.07) is 10.8. The zero-order valence-corrected chi connectivity index (χ0v) is 21.8. The Bertz CT molecular complexity index is 1250. The van der Waals surface area contributed by atoms with Crippen molar-refractivity contribution >= 4 is 43.2 Å². The molecule has 1 N–H and O–H groups in total. The van der Waals surface area contributed by atoms with Crippen LogP contribution in [0.15, 0.2) is 47.4 Å². The molecule has 0 saturated carbocycles. The molecule has 0 bridgehead atoms. The van der Waals surface area contributed by atoms with E-state index in [9.17, 15) is 21.6 Å². The van der Waals surface area contributed by atoms with Gasteiger partial charge in [-0.05, 0) is 48.9 Å². The zero-order valence-electron chi connectivity index (χ0n) is 19.4. The van der Waals surface area contributed by atoms with Crippen LogP contribution < -0.4 is 14.4 Å². The summed E-state index contributed by atoms with van der Waals surface area (Å²) in [5.41, 5.74) is 0.994. The van der Waals surface area contributed by atoms with Gasteiger partial charge in [0, 0.05) is 18.1 Å². The first-order valence-electron chi connectivity index (χ1n) is 10.8. The van der Waals surface area contributed by atoms with Crippen LogP contribution in [0.2, 0.25) is 5.02 Å². The summed E-state index contributed by atoms with van der Waals surface area (Å²) in [5, 5.41) is 2.98. The molecule has 0 radical (unpaired) electrons. The van der Waals surface area contributed by atoms with Crippen molar-refractivity contribution in [1.82, 2.24) is 9.62 Å². The zero-order chi connectivity index (χ0) is 25.6. The molecule has 1 saturated heterocycles. The molecule has 0 aliphatic carbocycles. The fourth-order valence-corrected chi connectivity index (χ4v) is 5.90. The Morgan fingerprint density at radius 2 is 1.77 bits per heavy atom. The van der Waals surface area contributed by atoms with Crippen molar-refractivity contribution in [3.8, 4) is 5.75 Å². The smallest absolute Gasteiger partial charge is 0.243 e. The number of benzene rings is 2. The molecule has 192 valence electrons. The molecular weight excluding hydrogens is 518 g/mol. The highest BCUT2D eigenvalue weighted by Crippen LogP contribution is 2.26. The molecule has 3 rings (SSSR count). The summed E-state index contributed by atoms with van der Waals surface area (Å²) in [6.07, 6.45) is 1.02. The highest BCUT2D eigenvalue weighted by molar-refractivity contribution is 7.92. The quantitative estimate of drug-likeness (QED) is 0.450. The average Bonchev–Trinajstić information content (AvgIpc) is 2.82. The molecule has 13 heteroatoms. The van der Waals surface area contributed by atoms with Crippen LogP contribution in [0.1, 0.15) is 5.56 Å². The summed E-state index contributed by atoms with van der Waals surface area (Å²) in [5.74, 6) is -0.0714. The molecule has 0 aromatic heterocycles. The largest absolute Gasteiger partial charge is 0.492 e. The van der Waals surface area contributed by atoms with Gasteiger partial charge >= 0.3 is 0 Å². The predicted octanol–water partition coefficient (Wildman–Crippen LogP) is 1.63. The van der Waals surface area contributed by atoms with Crippen molar-refractivity contribution in [2.45, 2.75) is 11.8 Å². The molecule has 2 aromatic rings. The van der Waals surface area contributed by atoms with Gasteiger partial charge in [0.2, 0.25) is 26.0 Å². The summed E-state index contributed by atoms with van der Waals surface area (Å²) < 4.78 is 63.0. The van der Waals surface area contributed by atoms with Crippen LogP contribution in [0.3, 0.4) is 0 Å². The number of ether oxygens (including phenoxy) is 2. The van der Waals surface area contributed by atoms with Gasteiger partial charge in [0.1, 0.15) is 18.9 Å². The Kier molecular flexibility index (Phi) is 9.00. The van der Waals surface area contributed by atoms with Gasteiger partial charge in [0.05, 0.1) is 36.6 Å². The highest BCUT2D eigenvalue weighted by Gasteiger charge is 2.26. The van der Waals surface area contributed by atoms with E-state index in [1.54, 1.807) is 31.2 Å². The Balaban J connectivity index is 1.52. The fraction of sp³-hybridized carbons (Fsp3) is 0.409. The molecule has 1 aliphatic heterocycles. The second-order valence-corrected chi connectivity index (χ2v) is 12.2. The van der Waals surface area contributed by atoms with Crippen LogP contribution in [0, 0.1) is 6.92 Å². The number of hydrogen-bond acceptors (Lipinski definition) is 7. The number of nitrogens with zero attached hydrogens (tertiary/aromatic N) is 2. The lowest BCUT2D eigenvalue weighted by Gasteiger charge is -2.26. The summed E-state index contributed by atoms with van der Waals surface area (Å²) in [7, 11) is -7.32. The number of halogens is 1. The van der Waals surface area contributed by atoms with Crippen molar-refractivity contribution in [1.29, 1.82) is 0 Å². The van der Waals surface area contributed by atoms with Crippen molar-refractivity contribution in [2.24, 2.45) is 0 Å². The van der Waals surface area contributed by atoms with E-state index in [1.807, 2.05) is 0 Å². The number of morpholine rings is 1. The number of aryl methyl sites for hydroxylation is 1. The third kappa shape index (κ3) is 7.31. The number of carbonyl (C=O) groups is 1. The maximum atomic E-state index is 12.7. The number of nitrogens with one attached hydrogen (secondary N) is 1. The lowest BCUT2D eigenvalue weighted by molar-refractivity contribution is -0.119. The lowest BCUT2D eigenvalue weighted by atomic mass is 10.2. The number of sulfonamides is 2. The Morgan fingerprint density at radius 1 is 1.11 bits per heavy atom. The minimum Gasteiger partial charge on any atom is -0.492 e. The SMILES string of the molecule is Cc1ccc(Cl)cc1N(CC(=O)NCCOc1ccc(S(=O)(=O)N2CCOCC2)cc1)S(C)(=O)=O. The lowest BCUT2D eigenvalue weighted by Crippen LogP contribution is -2.41. The molecule has 2 aromatic carbocycles. The van der Waals surface area contributed by atoms with Crippen molar-refractivity contribution in [2.75, 3.05) is 56.6 Å². The van der Waals surface area contributed by atoms with Gasteiger partial charge in [-0.25, -0.2) is 16.8 Å². The van der Waals surface area contributed by atoms with Gasteiger partial charge in [-0.2, -0.15) is 4.31 Å². The summed E-state index contributed by atoms with van der Waals surface area (Å²) >= 11 is 6.00. The van der Waals surface area contributed by atoms with Gasteiger partial charge in [-0.15, -0.1) is 0 Å². The van der Waals surface area contributed by atoms with E-state index >= 15 is 0 Å².